The molecule has 0 bridgehead atoms. The molecule has 0 radical (unpaired) electrons. The van der Waals surface area contributed by atoms with Crippen LogP contribution in [0.15, 0.2) is 59.7 Å². The van der Waals surface area contributed by atoms with E-state index in [1.165, 1.54) is 5.56 Å². The number of aryl methyl sites for hydroxylation is 2. The van der Waals surface area contributed by atoms with Crippen molar-refractivity contribution in [1.82, 2.24) is 20.4 Å². The van der Waals surface area contributed by atoms with Crippen LogP contribution in [0, 0.1) is 13.8 Å². The van der Waals surface area contributed by atoms with E-state index in [1.54, 1.807) is 7.05 Å². The van der Waals surface area contributed by atoms with Crippen molar-refractivity contribution in [3.05, 3.63) is 77.1 Å². The zero-order valence-corrected chi connectivity index (χ0v) is 22.4. The van der Waals surface area contributed by atoms with E-state index >= 15 is 0 Å². The molecule has 34 heavy (non-hydrogen) atoms. The first-order valence-electron chi connectivity index (χ1n) is 11.5. The van der Waals surface area contributed by atoms with Gasteiger partial charge in [-0.25, -0.2) is 4.68 Å². The molecule has 4 rings (SSSR count). The molecule has 8 heteroatoms. The summed E-state index contributed by atoms with van der Waals surface area (Å²) in [5.74, 6) is 1.62. The van der Waals surface area contributed by atoms with Crippen LogP contribution in [0.4, 0.5) is 0 Å². The third-order valence-corrected chi connectivity index (χ3v) is 5.75. The fraction of sp³-hybridized carbons (Fsp3) is 0.385. The molecular weight excluding hydrogens is 541 g/mol. The van der Waals surface area contributed by atoms with Crippen LogP contribution in [0.1, 0.15) is 35.2 Å². The van der Waals surface area contributed by atoms with E-state index in [-0.39, 0.29) is 30.1 Å². The van der Waals surface area contributed by atoms with Gasteiger partial charge in [0.1, 0.15) is 12.4 Å². The number of benzene rings is 2. The Morgan fingerprint density at radius 1 is 1.12 bits per heavy atom. The molecule has 1 atom stereocenters. The van der Waals surface area contributed by atoms with Crippen LogP contribution in [0.5, 0.6) is 5.75 Å². The normalized spacial score (nSPS) is 15.6. The number of halogens is 1. The summed E-state index contributed by atoms with van der Waals surface area (Å²) in [6, 6.07) is 16.5. The van der Waals surface area contributed by atoms with E-state index in [2.05, 4.69) is 58.0 Å². The first-order valence-corrected chi connectivity index (χ1v) is 11.5. The second-order valence-electron chi connectivity index (χ2n) is 8.37. The van der Waals surface area contributed by atoms with Crippen molar-refractivity contribution < 1.29 is 9.47 Å². The maximum Gasteiger partial charge on any atom is 0.191 e. The highest BCUT2D eigenvalue weighted by molar-refractivity contribution is 14.0. The summed E-state index contributed by atoms with van der Waals surface area (Å²) in [5.41, 5.74) is 5.45. The lowest BCUT2D eigenvalue weighted by Crippen LogP contribution is -2.36. The summed E-state index contributed by atoms with van der Waals surface area (Å²) >= 11 is 0. The summed E-state index contributed by atoms with van der Waals surface area (Å²) in [7, 11) is 1.78. The monoisotopic (exact) mass is 575 g/mol. The Morgan fingerprint density at radius 2 is 1.91 bits per heavy atom. The van der Waals surface area contributed by atoms with Crippen molar-refractivity contribution >= 4 is 29.9 Å². The summed E-state index contributed by atoms with van der Waals surface area (Å²) in [6.45, 7) is 6.74. The number of nitrogens with zero attached hydrogens (tertiary/aromatic N) is 3. The van der Waals surface area contributed by atoms with Crippen LogP contribution in [-0.4, -0.2) is 42.1 Å². The largest absolute Gasteiger partial charge is 0.491 e. The van der Waals surface area contributed by atoms with Crippen molar-refractivity contribution in [2.45, 2.75) is 45.9 Å². The van der Waals surface area contributed by atoms with Crippen molar-refractivity contribution in [1.29, 1.82) is 0 Å². The van der Waals surface area contributed by atoms with Gasteiger partial charge in [0.15, 0.2) is 5.96 Å². The number of rotatable bonds is 8. The van der Waals surface area contributed by atoms with E-state index in [0.29, 0.717) is 19.7 Å². The van der Waals surface area contributed by atoms with E-state index in [1.807, 2.05) is 36.0 Å². The van der Waals surface area contributed by atoms with Crippen LogP contribution >= 0.6 is 24.0 Å². The number of guanidine groups is 1. The molecular formula is C26H34IN5O2. The standard InChI is InChI=1S/C26H33N5O2.HI/c1-19-10-11-22(25(15-19)33-18-23-8-6-14-32-23)17-29-26(27-3)28-16-21-7-4-5-9-24(21)31-13-12-20(2)30-31;/h4-5,7,9-13,15,23H,6,8,14,16-18H2,1-3H3,(H2,27,28,29);1H. The van der Waals surface area contributed by atoms with Gasteiger partial charge in [-0.2, -0.15) is 5.10 Å². The first-order chi connectivity index (χ1) is 16.1. The molecule has 182 valence electrons. The van der Waals surface area contributed by atoms with Gasteiger partial charge in [-0.3, -0.25) is 4.99 Å². The fourth-order valence-electron chi connectivity index (χ4n) is 3.91. The van der Waals surface area contributed by atoms with Crippen LogP contribution in [-0.2, 0) is 17.8 Å². The van der Waals surface area contributed by atoms with Gasteiger partial charge in [0, 0.05) is 38.5 Å². The third-order valence-electron chi connectivity index (χ3n) is 5.75. The van der Waals surface area contributed by atoms with Crippen molar-refractivity contribution in [2.75, 3.05) is 20.3 Å². The lowest BCUT2D eigenvalue weighted by Gasteiger charge is -2.17. The first kappa shape index (κ1) is 26.0. The second kappa shape index (κ2) is 12.8. The summed E-state index contributed by atoms with van der Waals surface area (Å²) in [4.78, 5) is 4.39. The lowest BCUT2D eigenvalue weighted by atomic mass is 10.1. The zero-order chi connectivity index (χ0) is 23.0. The van der Waals surface area contributed by atoms with Crippen molar-refractivity contribution in [2.24, 2.45) is 4.99 Å². The number of hydrogen-bond donors (Lipinski definition) is 2. The third kappa shape index (κ3) is 6.96. The fourth-order valence-corrected chi connectivity index (χ4v) is 3.91. The van der Waals surface area contributed by atoms with Gasteiger partial charge in [0.25, 0.3) is 0 Å². The van der Waals surface area contributed by atoms with Crippen LogP contribution < -0.4 is 15.4 Å². The Morgan fingerprint density at radius 3 is 2.62 bits per heavy atom. The Bertz CT molecular complexity index is 1090. The Labute approximate surface area is 219 Å². The number of hydrogen-bond acceptors (Lipinski definition) is 4. The molecule has 1 fully saturated rings. The molecule has 1 unspecified atom stereocenters. The smallest absolute Gasteiger partial charge is 0.191 e. The maximum atomic E-state index is 6.13. The molecule has 3 aromatic rings. The molecule has 7 nitrogen and oxygen atoms in total. The molecule has 1 aromatic heterocycles. The van der Waals surface area contributed by atoms with Crippen molar-refractivity contribution in [3.63, 3.8) is 0 Å². The molecule has 2 aromatic carbocycles. The molecule has 1 aliphatic rings. The van der Waals surface area contributed by atoms with Crippen LogP contribution in [0.2, 0.25) is 0 Å². The molecule has 0 aliphatic carbocycles. The van der Waals surface area contributed by atoms with Gasteiger partial charge < -0.3 is 20.1 Å². The molecule has 1 aliphatic heterocycles. The highest BCUT2D eigenvalue weighted by Crippen LogP contribution is 2.22. The quantitative estimate of drug-likeness (QED) is 0.235. The SMILES string of the molecule is CN=C(NCc1ccc(C)cc1OCC1CCCO1)NCc1ccccc1-n1ccc(C)n1.I. The zero-order valence-electron chi connectivity index (χ0n) is 20.1. The number of para-hydroxylation sites is 1. The molecule has 2 N–H and O–H groups in total. The molecule has 0 amide bonds. The van der Waals surface area contributed by atoms with Gasteiger partial charge in [0.05, 0.1) is 17.5 Å². The predicted octanol–water partition coefficient (Wildman–Crippen LogP) is 4.53. The number of ether oxygens (including phenoxy) is 2. The Balaban J connectivity index is 0.00000324. The second-order valence-corrected chi connectivity index (χ2v) is 8.37. The topological polar surface area (TPSA) is 72.7 Å². The molecule has 0 saturated carbocycles. The maximum absolute atomic E-state index is 6.13. The van der Waals surface area contributed by atoms with E-state index in [4.69, 9.17) is 9.47 Å². The van der Waals surface area contributed by atoms with Gasteiger partial charge in [-0.15, -0.1) is 24.0 Å². The van der Waals surface area contributed by atoms with Gasteiger partial charge >= 0.3 is 0 Å². The van der Waals surface area contributed by atoms with Gasteiger partial charge in [-0.05, 0) is 56.0 Å². The lowest BCUT2D eigenvalue weighted by molar-refractivity contribution is 0.0676. The minimum Gasteiger partial charge on any atom is -0.491 e. The molecule has 1 saturated heterocycles. The van der Waals surface area contributed by atoms with Crippen molar-refractivity contribution in [3.8, 4) is 11.4 Å². The average Bonchev–Trinajstić information content (AvgIpc) is 3.51. The Hall–Kier alpha value is -2.59. The summed E-state index contributed by atoms with van der Waals surface area (Å²) in [5, 5.41) is 11.4. The number of aliphatic imine (C=N–C) groups is 1. The summed E-state index contributed by atoms with van der Waals surface area (Å²) in [6.07, 6.45) is 4.35. The number of nitrogens with one attached hydrogen (secondary N) is 2. The molecule has 2 heterocycles. The van der Waals surface area contributed by atoms with E-state index in [9.17, 15) is 0 Å². The van der Waals surface area contributed by atoms with E-state index in [0.717, 1.165) is 53.7 Å². The highest BCUT2D eigenvalue weighted by Gasteiger charge is 2.17. The molecule has 0 spiro atoms. The van der Waals surface area contributed by atoms with E-state index < -0.39 is 0 Å². The number of aromatic nitrogens is 2. The van der Waals surface area contributed by atoms with Crippen LogP contribution in [0.3, 0.4) is 0 Å². The van der Waals surface area contributed by atoms with Gasteiger partial charge in [-0.1, -0.05) is 30.3 Å². The minimum absolute atomic E-state index is 0. The average molecular weight is 575 g/mol. The highest BCUT2D eigenvalue weighted by atomic mass is 127. The van der Waals surface area contributed by atoms with Crippen LogP contribution in [0.25, 0.3) is 5.69 Å². The predicted molar refractivity (Wildman–Crippen MR) is 146 cm³/mol. The summed E-state index contributed by atoms with van der Waals surface area (Å²) < 4.78 is 13.7. The van der Waals surface area contributed by atoms with Gasteiger partial charge in [0.2, 0.25) is 0 Å². The Kier molecular flexibility index (Phi) is 9.76. The minimum atomic E-state index is 0.